The lowest BCUT2D eigenvalue weighted by atomic mass is 10.00. The number of rotatable bonds is 3. The fourth-order valence-electron chi connectivity index (χ4n) is 1.31. The molecule has 0 aliphatic rings. The molecule has 0 aliphatic heterocycles. The molecule has 0 N–H and O–H groups in total. The van der Waals surface area contributed by atoms with Gasteiger partial charge in [-0.1, -0.05) is 24.6 Å². The molecule has 0 saturated carbocycles. The predicted molar refractivity (Wildman–Crippen MR) is 50.8 cm³/mol. The van der Waals surface area contributed by atoms with Gasteiger partial charge in [-0.2, -0.15) is 0 Å². The monoisotopic (exact) mass is 198 g/mol. The molecule has 0 aromatic heterocycles. The Bertz CT molecular complexity index is 345. The number of carbonyl (C=O) groups is 1. The molecule has 1 aromatic carbocycles. The normalized spacial score (nSPS) is 10.6. The van der Waals surface area contributed by atoms with Gasteiger partial charge >= 0.3 is 0 Å². The fourth-order valence-corrected chi connectivity index (χ4v) is 1.31. The Morgan fingerprint density at radius 1 is 1.43 bits per heavy atom. The van der Waals surface area contributed by atoms with Crippen molar-refractivity contribution in [2.75, 3.05) is 0 Å². The lowest BCUT2D eigenvalue weighted by Gasteiger charge is -2.07. The summed E-state index contributed by atoms with van der Waals surface area (Å²) in [5.41, 5.74) is 0.734. The van der Waals surface area contributed by atoms with Crippen molar-refractivity contribution < 1.29 is 13.6 Å². The first kappa shape index (κ1) is 10.8. The van der Waals surface area contributed by atoms with Crippen molar-refractivity contribution in [1.82, 2.24) is 0 Å². The van der Waals surface area contributed by atoms with Crippen LogP contribution in [0.5, 0.6) is 0 Å². The van der Waals surface area contributed by atoms with Gasteiger partial charge in [0.15, 0.2) is 5.78 Å². The fraction of sp³-hybridized carbons (Fsp3) is 0.364. The van der Waals surface area contributed by atoms with Crippen LogP contribution in [-0.2, 0) is 0 Å². The average molecular weight is 198 g/mol. The van der Waals surface area contributed by atoms with Gasteiger partial charge < -0.3 is 0 Å². The smallest absolute Gasteiger partial charge is 0.264 e. The number of halogens is 2. The summed E-state index contributed by atoms with van der Waals surface area (Å²) in [6.45, 7) is 3.39. The molecule has 0 spiro atoms. The van der Waals surface area contributed by atoms with Gasteiger partial charge in [0.05, 0.1) is 0 Å². The second-order valence-corrected chi connectivity index (χ2v) is 3.17. The summed E-state index contributed by atoms with van der Waals surface area (Å²) in [6.07, 6.45) is -2.33. The summed E-state index contributed by atoms with van der Waals surface area (Å²) < 4.78 is 25.1. The highest BCUT2D eigenvalue weighted by Gasteiger charge is 2.16. The number of ketones is 1. The van der Waals surface area contributed by atoms with Gasteiger partial charge in [-0.25, -0.2) is 8.78 Å². The Labute approximate surface area is 81.7 Å². The lowest BCUT2D eigenvalue weighted by Crippen LogP contribution is -2.03. The van der Waals surface area contributed by atoms with Crippen LogP contribution in [0.25, 0.3) is 0 Å². The van der Waals surface area contributed by atoms with Crippen LogP contribution in [0.3, 0.4) is 0 Å². The molecular formula is C11H12F2O. The highest BCUT2D eigenvalue weighted by molar-refractivity contribution is 5.97. The molecule has 0 radical (unpaired) electrons. The number of aryl methyl sites for hydroxylation is 1. The van der Waals surface area contributed by atoms with Crippen molar-refractivity contribution in [2.45, 2.75) is 26.7 Å². The first-order chi connectivity index (χ1) is 6.56. The van der Waals surface area contributed by atoms with E-state index in [1.165, 1.54) is 12.1 Å². The number of hydrogen-bond donors (Lipinski definition) is 0. The number of benzene rings is 1. The quantitative estimate of drug-likeness (QED) is 0.679. The zero-order valence-electron chi connectivity index (χ0n) is 8.18. The summed E-state index contributed by atoms with van der Waals surface area (Å²) in [5.74, 6) is -0.236. The van der Waals surface area contributed by atoms with Crippen LogP contribution < -0.4 is 0 Å². The van der Waals surface area contributed by atoms with E-state index in [-0.39, 0.29) is 23.3 Å². The van der Waals surface area contributed by atoms with E-state index >= 15 is 0 Å². The summed E-state index contributed by atoms with van der Waals surface area (Å²) in [6, 6.07) is 4.52. The molecule has 0 amide bonds. The number of carbonyl (C=O) groups excluding carboxylic acids is 1. The van der Waals surface area contributed by atoms with Crippen molar-refractivity contribution in [3.63, 3.8) is 0 Å². The van der Waals surface area contributed by atoms with Crippen LogP contribution in [-0.4, -0.2) is 5.78 Å². The van der Waals surface area contributed by atoms with E-state index in [4.69, 9.17) is 0 Å². The maximum Gasteiger partial charge on any atom is 0.264 e. The molecule has 1 rings (SSSR count). The lowest BCUT2D eigenvalue weighted by molar-refractivity contribution is 0.0974. The van der Waals surface area contributed by atoms with Gasteiger partial charge in [0.1, 0.15) is 0 Å². The van der Waals surface area contributed by atoms with Gasteiger partial charge in [-0.3, -0.25) is 4.79 Å². The van der Waals surface area contributed by atoms with Gasteiger partial charge in [0.25, 0.3) is 6.43 Å². The van der Waals surface area contributed by atoms with Crippen LogP contribution in [0.15, 0.2) is 18.2 Å². The Hall–Kier alpha value is -1.25. The first-order valence-corrected chi connectivity index (χ1v) is 4.48. The van der Waals surface area contributed by atoms with E-state index in [9.17, 15) is 13.6 Å². The highest BCUT2D eigenvalue weighted by atomic mass is 19.3. The number of alkyl halides is 2. The minimum Gasteiger partial charge on any atom is -0.294 e. The Kier molecular flexibility index (Phi) is 3.33. The first-order valence-electron chi connectivity index (χ1n) is 4.48. The van der Waals surface area contributed by atoms with E-state index in [2.05, 4.69) is 0 Å². The zero-order chi connectivity index (χ0) is 10.7. The number of Topliss-reactive ketones (excluding diaryl/α,β-unsaturated/α-hetero) is 1. The molecule has 0 atom stereocenters. The van der Waals surface area contributed by atoms with Gasteiger partial charge in [0, 0.05) is 17.5 Å². The third-order valence-electron chi connectivity index (χ3n) is 2.06. The zero-order valence-corrected chi connectivity index (χ0v) is 8.18. The van der Waals surface area contributed by atoms with Gasteiger partial charge in [0.2, 0.25) is 0 Å². The maximum atomic E-state index is 12.6. The Morgan fingerprint density at radius 3 is 2.57 bits per heavy atom. The second kappa shape index (κ2) is 4.31. The third-order valence-corrected chi connectivity index (χ3v) is 2.06. The minimum atomic E-state index is -2.58. The topological polar surface area (TPSA) is 17.1 Å². The molecule has 0 bridgehead atoms. The van der Waals surface area contributed by atoms with Crippen molar-refractivity contribution in [1.29, 1.82) is 0 Å². The molecule has 76 valence electrons. The van der Waals surface area contributed by atoms with E-state index in [0.717, 1.165) is 5.56 Å². The molecule has 1 aromatic rings. The van der Waals surface area contributed by atoms with E-state index < -0.39 is 6.43 Å². The highest BCUT2D eigenvalue weighted by Crippen LogP contribution is 2.24. The average Bonchev–Trinajstić information content (AvgIpc) is 2.16. The molecule has 0 heterocycles. The van der Waals surface area contributed by atoms with Gasteiger partial charge in [-0.05, 0) is 13.0 Å². The third kappa shape index (κ3) is 2.16. The van der Waals surface area contributed by atoms with Crippen molar-refractivity contribution in [3.05, 3.63) is 34.9 Å². The van der Waals surface area contributed by atoms with Crippen molar-refractivity contribution >= 4 is 5.78 Å². The molecular weight excluding hydrogens is 186 g/mol. The Morgan fingerprint density at radius 2 is 2.07 bits per heavy atom. The summed E-state index contributed by atoms with van der Waals surface area (Å²) in [7, 11) is 0. The largest absolute Gasteiger partial charge is 0.294 e. The number of hydrogen-bond acceptors (Lipinski definition) is 1. The van der Waals surface area contributed by atoms with Crippen molar-refractivity contribution in [2.24, 2.45) is 0 Å². The van der Waals surface area contributed by atoms with Crippen LogP contribution in [0.4, 0.5) is 8.78 Å². The van der Waals surface area contributed by atoms with E-state index in [1.807, 2.05) is 0 Å². The predicted octanol–water partition coefficient (Wildman–Crippen LogP) is 3.53. The minimum absolute atomic E-state index is 0.146. The standard InChI is InChI=1S/C11H12F2O/c1-3-10(14)8-5-4-7(2)6-9(8)11(12)13/h4-6,11H,3H2,1-2H3. The molecule has 0 fully saturated rings. The SMILES string of the molecule is CCC(=O)c1ccc(C)cc1C(F)F. The molecule has 1 nitrogen and oxygen atoms in total. The molecule has 3 heteroatoms. The van der Waals surface area contributed by atoms with Crippen LogP contribution in [0, 0.1) is 6.92 Å². The summed E-state index contributed by atoms with van der Waals surface area (Å²) in [4.78, 5) is 11.3. The van der Waals surface area contributed by atoms with E-state index in [0.29, 0.717) is 0 Å². The van der Waals surface area contributed by atoms with E-state index in [1.54, 1.807) is 19.9 Å². The maximum absolute atomic E-state index is 12.6. The molecule has 0 saturated heterocycles. The van der Waals surface area contributed by atoms with Crippen LogP contribution >= 0.6 is 0 Å². The molecule has 0 unspecified atom stereocenters. The van der Waals surface area contributed by atoms with Gasteiger partial charge in [-0.15, -0.1) is 0 Å². The molecule has 0 aliphatic carbocycles. The van der Waals surface area contributed by atoms with Crippen molar-refractivity contribution in [3.8, 4) is 0 Å². The summed E-state index contributed by atoms with van der Waals surface area (Å²) >= 11 is 0. The van der Waals surface area contributed by atoms with Crippen LogP contribution in [0.2, 0.25) is 0 Å². The second-order valence-electron chi connectivity index (χ2n) is 3.17. The molecule has 14 heavy (non-hydrogen) atoms. The van der Waals surface area contributed by atoms with Crippen LogP contribution in [0.1, 0.15) is 41.3 Å². The summed E-state index contributed by atoms with van der Waals surface area (Å²) in [5, 5.41) is 0. The Balaban J connectivity index is 3.21.